The predicted octanol–water partition coefficient (Wildman–Crippen LogP) is 0.981. The van der Waals surface area contributed by atoms with Gasteiger partial charge in [-0.1, -0.05) is 17.3 Å². The van der Waals surface area contributed by atoms with Crippen molar-refractivity contribution < 1.29 is 18.8 Å². The number of pyridine rings is 1. The van der Waals surface area contributed by atoms with Crippen LogP contribution in [-0.2, 0) is 20.9 Å². The summed E-state index contributed by atoms with van der Waals surface area (Å²) in [5, 5.41) is 6.87. The van der Waals surface area contributed by atoms with E-state index >= 15 is 0 Å². The number of carbonyl (C=O) groups is 2. The van der Waals surface area contributed by atoms with Crippen molar-refractivity contribution in [2.45, 2.75) is 25.2 Å². The molecule has 1 N–H and O–H groups in total. The molecule has 2 amide bonds. The van der Waals surface area contributed by atoms with Gasteiger partial charge in [-0.2, -0.15) is 0 Å². The van der Waals surface area contributed by atoms with Crippen molar-refractivity contribution in [2.24, 2.45) is 11.8 Å². The fraction of sp³-hybridized carbons (Fsp3) is 0.368. The molecule has 8 nitrogen and oxygen atoms in total. The summed E-state index contributed by atoms with van der Waals surface area (Å²) in [7, 11) is 0. The highest BCUT2D eigenvalue weighted by Gasteiger charge is 2.67. The summed E-state index contributed by atoms with van der Waals surface area (Å²) in [6.45, 7) is 2.49. The molecule has 0 saturated carbocycles. The Hall–Kier alpha value is -3.00. The molecular formula is C19H18N4O4. The first-order chi connectivity index (χ1) is 13.1. The molecule has 5 rings (SSSR count). The van der Waals surface area contributed by atoms with Crippen LogP contribution in [0.2, 0.25) is 0 Å². The first-order valence-electron chi connectivity index (χ1n) is 8.86. The number of aryl methyl sites for hydroxylation is 1. The van der Waals surface area contributed by atoms with Gasteiger partial charge in [-0.05, 0) is 24.6 Å². The van der Waals surface area contributed by atoms with Crippen LogP contribution in [0.1, 0.15) is 11.3 Å². The van der Waals surface area contributed by atoms with E-state index in [2.05, 4.69) is 15.5 Å². The third-order valence-corrected chi connectivity index (χ3v) is 5.51. The summed E-state index contributed by atoms with van der Waals surface area (Å²) in [6, 6.07) is 5.40. The first-order valence-corrected chi connectivity index (χ1v) is 8.86. The van der Waals surface area contributed by atoms with Crippen molar-refractivity contribution in [1.82, 2.24) is 15.5 Å². The number of hydrogen-bond acceptors (Lipinski definition) is 6. The van der Waals surface area contributed by atoms with E-state index in [0.29, 0.717) is 24.7 Å². The maximum Gasteiger partial charge on any atom is 0.235 e. The van der Waals surface area contributed by atoms with Crippen LogP contribution in [0.4, 0.5) is 5.82 Å². The van der Waals surface area contributed by atoms with E-state index in [1.807, 2.05) is 24.3 Å². The number of nitrogens with one attached hydrogen (secondary N) is 1. The van der Waals surface area contributed by atoms with Crippen LogP contribution >= 0.6 is 0 Å². The quantitative estimate of drug-likeness (QED) is 0.810. The normalized spacial score (nSPS) is 30.8. The molecule has 2 fully saturated rings. The lowest BCUT2D eigenvalue weighted by Gasteiger charge is -2.23. The summed E-state index contributed by atoms with van der Waals surface area (Å²) in [4.78, 5) is 31.5. The number of amides is 2. The third-order valence-electron chi connectivity index (χ3n) is 5.51. The lowest BCUT2D eigenvalue weighted by molar-refractivity contribution is -0.132. The molecule has 27 heavy (non-hydrogen) atoms. The Morgan fingerprint density at radius 3 is 2.96 bits per heavy atom. The zero-order valence-corrected chi connectivity index (χ0v) is 14.7. The Bertz CT molecular complexity index is 940. The molecule has 3 aliphatic heterocycles. The smallest absolute Gasteiger partial charge is 0.235 e. The van der Waals surface area contributed by atoms with E-state index in [1.54, 1.807) is 30.3 Å². The molecule has 4 atom stereocenters. The Morgan fingerprint density at radius 1 is 1.41 bits per heavy atom. The zero-order chi connectivity index (χ0) is 18.6. The molecule has 3 aliphatic rings. The van der Waals surface area contributed by atoms with Gasteiger partial charge in [0.25, 0.3) is 0 Å². The van der Waals surface area contributed by atoms with Gasteiger partial charge in [0.05, 0.1) is 24.5 Å². The highest BCUT2D eigenvalue weighted by Crippen LogP contribution is 2.52. The van der Waals surface area contributed by atoms with Gasteiger partial charge in [-0.3, -0.25) is 19.5 Å². The molecule has 2 aromatic rings. The molecule has 0 unspecified atom stereocenters. The average molecular weight is 366 g/mol. The highest BCUT2D eigenvalue weighted by atomic mass is 16.5. The number of nitrogens with zero attached hydrogens (tertiary/aromatic N) is 3. The van der Waals surface area contributed by atoms with Gasteiger partial charge in [0.15, 0.2) is 5.82 Å². The topological polar surface area (TPSA) is 97.6 Å². The number of aromatic nitrogens is 2. The van der Waals surface area contributed by atoms with Crippen LogP contribution in [0, 0.1) is 18.8 Å². The van der Waals surface area contributed by atoms with E-state index in [0.717, 1.165) is 5.56 Å². The Labute approximate surface area is 155 Å². The molecule has 2 aromatic heterocycles. The van der Waals surface area contributed by atoms with Crippen molar-refractivity contribution in [3.8, 4) is 0 Å². The summed E-state index contributed by atoms with van der Waals surface area (Å²) in [5.74, 6) is -0.361. The van der Waals surface area contributed by atoms with Gasteiger partial charge in [0.2, 0.25) is 11.8 Å². The third kappa shape index (κ3) is 2.40. The largest absolute Gasteiger partial charge is 0.360 e. The number of hydrogen-bond donors (Lipinski definition) is 1. The average Bonchev–Trinajstić information content (AvgIpc) is 3.42. The molecule has 138 valence electrons. The first kappa shape index (κ1) is 16.2. The Morgan fingerprint density at radius 2 is 2.22 bits per heavy atom. The van der Waals surface area contributed by atoms with Crippen LogP contribution in [0.15, 0.2) is 47.3 Å². The van der Waals surface area contributed by atoms with Crippen LogP contribution < -0.4 is 10.2 Å². The number of fused-ring (bicyclic) bond motifs is 1. The maximum atomic E-state index is 13.1. The van der Waals surface area contributed by atoms with Crippen LogP contribution in [0.3, 0.4) is 0 Å². The zero-order valence-electron chi connectivity index (χ0n) is 14.7. The van der Waals surface area contributed by atoms with E-state index in [9.17, 15) is 9.59 Å². The van der Waals surface area contributed by atoms with Crippen molar-refractivity contribution in [3.63, 3.8) is 0 Å². The fourth-order valence-electron chi connectivity index (χ4n) is 4.28. The van der Waals surface area contributed by atoms with E-state index < -0.39 is 17.4 Å². The molecule has 0 radical (unpaired) electrons. The molecule has 0 aliphatic carbocycles. The minimum absolute atomic E-state index is 0.154. The molecule has 2 bridgehead atoms. The minimum Gasteiger partial charge on any atom is -0.360 e. The monoisotopic (exact) mass is 366 g/mol. The Balaban J connectivity index is 1.38. The number of carbonyl (C=O) groups excluding carboxylic acids is 2. The summed E-state index contributed by atoms with van der Waals surface area (Å²) in [6.07, 6.45) is 6.78. The summed E-state index contributed by atoms with van der Waals surface area (Å²) < 4.78 is 11.2. The van der Waals surface area contributed by atoms with Gasteiger partial charge in [-0.15, -0.1) is 0 Å². The second kappa shape index (κ2) is 5.75. The van der Waals surface area contributed by atoms with Crippen molar-refractivity contribution in [3.05, 3.63) is 54.1 Å². The number of anilines is 1. The molecule has 2 saturated heterocycles. The van der Waals surface area contributed by atoms with E-state index in [-0.39, 0.29) is 17.9 Å². The summed E-state index contributed by atoms with van der Waals surface area (Å²) in [5.41, 5.74) is 0.179. The summed E-state index contributed by atoms with van der Waals surface area (Å²) >= 11 is 0. The van der Waals surface area contributed by atoms with Gasteiger partial charge >= 0.3 is 0 Å². The molecule has 0 aromatic carbocycles. The van der Waals surface area contributed by atoms with Crippen molar-refractivity contribution in [2.75, 3.05) is 11.4 Å². The molecule has 5 heterocycles. The van der Waals surface area contributed by atoms with Gasteiger partial charge < -0.3 is 14.6 Å². The van der Waals surface area contributed by atoms with Gasteiger partial charge in [0.1, 0.15) is 11.4 Å². The minimum atomic E-state index is -0.771. The van der Waals surface area contributed by atoms with E-state index in [1.165, 1.54) is 0 Å². The molecule has 8 heteroatoms. The van der Waals surface area contributed by atoms with Crippen LogP contribution in [0.5, 0.6) is 0 Å². The lowest BCUT2D eigenvalue weighted by Crippen LogP contribution is -2.44. The van der Waals surface area contributed by atoms with E-state index in [4.69, 9.17) is 9.26 Å². The molecular weight excluding hydrogens is 348 g/mol. The van der Waals surface area contributed by atoms with Crippen LogP contribution in [0.25, 0.3) is 0 Å². The van der Waals surface area contributed by atoms with Crippen molar-refractivity contribution >= 4 is 17.6 Å². The second-order valence-corrected chi connectivity index (χ2v) is 7.19. The fourth-order valence-corrected chi connectivity index (χ4v) is 4.28. The number of rotatable bonds is 4. The second-order valence-electron chi connectivity index (χ2n) is 7.19. The predicted molar refractivity (Wildman–Crippen MR) is 93.4 cm³/mol. The van der Waals surface area contributed by atoms with Gasteiger partial charge in [-0.25, -0.2) is 0 Å². The van der Waals surface area contributed by atoms with Crippen LogP contribution in [-0.4, -0.2) is 40.2 Å². The standard InChI is InChI=1S/C19H18N4O4/c1-11-8-14(22-27-11)23-10-19-5-2-13(26-19)15(16(19)18(23)25)17(24)21-9-12-3-6-20-7-4-12/h2-8,13,15-16H,9-10H2,1H3,(H,21,24)/t13-,15+,16+,19+/m1/s1. The molecule has 1 spiro atoms. The highest BCUT2D eigenvalue weighted by molar-refractivity contribution is 6.02. The number of ether oxygens (including phenoxy) is 1. The SMILES string of the molecule is Cc1cc(N2C[C@]34C=C[C@@H](O3)[C@H](C(=O)NCc3ccncc3)[C@H]4C2=O)no1. The van der Waals surface area contributed by atoms with Crippen molar-refractivity contribution in [1.29, 1.82) is 0 Å². The lowest BCUT2D eigenvalue weighted by atomic mass is 9.77. The Kier molecular flexibility index (Phi) is 3.45. The maximum absolute atomic E-state index is 13.1. The van der Waals surface area contributed by atoms with Gasteiger partial charge in [0, 0.05) is 25.0 Å².